The van der Waals surface area contributed by atoms with E-state index >= 15 is 0 Å². The van der Waals surface area contributed by atoms with Gasteiger partial charge in [0.25, 0.3) is 0 Å². The number of carbonyl (C=O) groups excluding carboxylic acids is 1. The Balaban J connectivity index is 2.43. The molecule has 0 aromatic heterocycles. The topological polar surface area (TPSA) is 35.5 Å². The number of rotatable bonds is 2. The van der Waals surface area contributed by atoms with Gasteiger partial charge in [-0.3, -0.25) is 4.79 Å². The van der Waals surface area contributed by atoms with Crippen LogP contribution in [0.4, 0.5) is 0 Å². The first-order valence-corrected chi connectivity index (χ1v) is 5.16. The average Bonchev–Trinajstić information content (AvgIpc) is 2.29. The fourth-order valence-corrected chi connectivity index (χ4v) is 1.93. The van der Waals surface area contributed by atoms with Crippen LogP contribution in [-0.4, -0.2) is 12.9 Å². The molecule has 3 nitrogen and oxygen atoms in total. The zero-order valence-electron chi connectivity index (χ0n) is 9.40. The maximum atomic E-state index is 11.4. The first-order valence-electron chi connectivity index (χ1n) is 5.16. The molecular weight excluding hydrogens is 204 g/mol. The molecule has 0 spiro atoms. The van der Waals surface area contributed by atoms with Crippen LogP contribution in [0, 0.1) is 0 Å². The van der Waals surface area contributed by atoms with Gasteiger partial charge in [-0.05, 0) is 13.0 Å². The van der Waals surface area contributed by atoms with E-state index in [0.717, 1.165) is 11.3 Å². The lowest BCUT2D eigenvalue weighted by molar-refractivity contribution is -0.122. The van der Waals surface area contributed by atoms with E-state index in [2.05, 4.69) is 0 Å². The van der Waals surface area contributed by atoms with Crippen LogP contribution in [0.5, 0.6) is 5.75 Å². The van der Waals surface area contributed by atoms with Crippen molar-refractivity contribution in [2.45, 2.75) is 18.9 Å². The Morgan fingerprint density at radius 1 is 1.38 bits per heavy atom. The van der Waals surface area contributed by atoms with Crippen molar-refractivity contribution in [1.29, 1.82) is 0 Å². The molecule has 0 N–H and O–H groups in total. The summed E-state index contributed by atoms with van der Waals surface area (Å²) in [5.74, 6) is 0.813. The monoisotopic (exact) mass is 218 g/mol. The molecule has 1 atom stereocenters. The minimum Gasteiger partial charge on any atom is -0.496 e. The summed E-state index contributed by atoms with van der Waals surface area (Å²) >= 11 is 0. The van der Waals surface area contributed by atoms with Gasteiger partial charge in [-0.1, -0.05) is 18.2 Å². The van der Waals surface area contributed by atoms with E-state index in [9.17, 15) is 4.79 Å². The third-order valence-corrected chi connectivity index (χ3v) is 2.77. The largest absolute Gasteiger partial charge is 0.496 e. The van der Waals surface area contributed by atoms with Crippen LogP contribution < -0.4 is 4.74 Å². The highest BCUT2D eigenvalue weighted by atomic mass is 16.5. The molecule has 0 saturated heterocycles. The Morgan fingerprint density at radius 2 is 2.12 bits per heavy atom. The molecule has 0 radical (unpaired) electrons. The van der Waals surface area contributed by atoms with Crippen LogP contribution in [0.15, 0.2) is 36.6 Å². The molecular formula is C13H14O3. The molecule has 2 rings (SSSR count). The van der Waals surface area contributed by atoms with Crippen LogP contribution in [0.2, 0.25) is 0 Å². The summed E-state index contributed by atoms with van der Waals surface area (Å²) < 4.78 is 10.9. The van der Waals surface area contributed by atoms with Crippen molar-refractivity contribution in [3.8, 4) is 5.75 Å². The quantitative estimate of drug-likeness (QED) is 0.764. The molecule has 1 aromatic carbocycles. The number of benzene rings is 1. The van der Waals surface area contributed by atoms with E-state index in [1.165, 1.54) is 12.3 Å². The molecule has 1 aliphatic rings. The molecule has 0 aliphatic carbocycles. The zero-order chi connectivity index (χ0) is 11.6. The Morgan fingerprint density at radius 3 is 2.81 bits per heavy atom. The fraction of sp³-hybridized carbons (Fsp3) is 0.308. The van der Waals surface area contributed by atoms with Crippen molar-refractivity contribution in [1.82, 2.24) is 0 Å². The summed E-state index contributed by atoms with van der Waals surface area (Å²) in [5.41, 5.74) is 0.272. The zero-order valence-corrected chi connectivity index (χ0v) is 9.40. The van der Waals surface area contributed by atoms with E-state index < -0.39 is 5.60 Å². The molecule has 0 amide bonds. The van der Waals surface area contributed by atoms with Crippen molar-refractivity contribution in [3.63, 3.8) is 0 Å². The Kier molecular flexibility index (Phi) is 2.69. The highest BCUT2D eigenvalue weighted by Crippen LogP contribution is 2.37. The molecule has 0 saturated carbocycles. The molecule has 84 valence electrons. The molecule has 1 aromatic rings. The SMILES string of the molecule is COc1ccccc1C1(C)CC(=O)C=CO1. The number of hydrogen-bond acceptors (Lipinski definition) is 3. The predicted molar refractivity (Wildman–Crippen MR) is 60.2 cm³/mol. The molecule has 0 bridgehead atoms. The third kappa shape index (κ3) is 1.81. The number of allylic oxidation sites excluding steroid dienone is 1. The lowest BCUT2D eigenvalue weighted by Gasteiger charge is -2.32. The van der Waals surface area contributed by atoms with Crippen LogP contribution in [0.25, 0.3) is 0 Å². The fourth-order valence-electron chi connectivity index (χ4n) is 1.93. The second-order valence-corrected chi connectivity index (χ2v) is 3.99. The third-order valence-electron chi connectivity index (χ3n) is 2.77. The number of ether oxygens (including phenoxy) is 2. The Bertz CT molecular complexity index is 437. The standard InChI is InChI=1S/C13H14O3/c1-13(9-10(14)7-8-16-13)11-5-3-4-6-12(11)15-2/h3-8H,9H2,1-2H3. The summed E-state index contributed by atoms with van der Waals surface area (Å²) in [6.07, 6.45) is 3.25. The first kappa shape index (κ1) is 10.7. The van der Waals surface area contributed by atoms with Gasteiger partial charge in [0.15, 0.2) is 5.78 Å². The van der Waals surface area contributed by atoms with Gasteiger partial charge in [-0.15, -0.1) is 0 Å². The predicted octanol–water partition coefficient (Wildman–Crippen LogP) is 2.41. The summed E-state index contributed by atoms with van der Waals surface area (Å²) in [5, 5.41) is 0. The van der Waals surface area contributed by atoms with Crippen LogP contribution in [0.1, 0.15) is 18.9 Å². The molecule has 3 heteroatoms. The van der Waals surface area contributed by atoms with Gasteiger partial charge in [-0.25, -0.2) is 0 Å². The smallest absolute Gasteiger partial charge is 0.163 e. The number of carbonyl (C=O) groups is 1. The summed E-state index contributed by atoms with van der Waals surface area (Å²) in [4.78, 5) is 11.4. The van der Waals surface area contributed by atoms with E-state index in [1.54, 1.807) is 7.11 Å². The first-order chi connectivity index (χ1) is 7.65. The highest BCUT2D eigenvalue weighted by Gasteiger charge is 2.34. The van der Waals surface area contributed by atoms with Gasteiger partial charge in [0.2, 0.25) is 0 Å². The van der Waals surface area contributed by atoms with Gasteiger partial charge in [0.05, 0.1) is 19.8 Å². The normalized spacial score (nSPS) is 24.0. The van der Waals surface area contributed by atoms with Gasteiger partial charge >= 0.3 is 0 Å². The maximum absolute atomic E-state index is 11.4. The van der Waals surface area contributed by atoms with Gasteiger partial charge < -0.3 is 9.47 Å². The van der Waals surface area contributed by atoms with Crippen molar-refractivity contribution in [2.75, 3.05) is 7.11 Å². The van der Waals surface area contributed by atoms with Crippen molar-refractivity contribution in [2.24, 2.45) is 0 Å². The number of para-hydroxylation sites is 1. The van der Waals surface area contributed by atoms with Gasteiger partial charge in [-0.2, -0.15) is 0 Å². The molecule has 0 fully saturated rings. The lowest BCUT2D eigenvalue weighted by atomic mass is 9.88. The number of methoxy groups -OCH3 is 1. The maximum Gasteiger partial charge on any atom is 0.163 e. The van der Waals surface area contributed by atoms with Crippen molar-refractivity contribution < 1.29 is 14.3 Å². The summed E-state index contributed by atoms with van der Waals surface area (Å²) in [7, 11) is 1.61. The van der Waals surface area contributed by atoms with Gasteiger partial charge in [0, 0.05) is 11.6 Å². The Hall–Kier alpha value is -1.77. The minimum atomic E-state index is -0.627. The number of hydrogen-bond donors (Lipinski definition) is 0. The highest BCUT2D eigenvalue weighted by molar-refractivity contribution is 5.91. The van der Waals surface area contributed by atoms with Crippen LogP contribution in [0.3, 0.4) is 0 Å². The molecule has 1 unspecified atom stereocenters. The molecule has 16 heavy (non-hydrogen) atoms. The van der Waals surface area contributed by atoms with E-state index in [-0.39, 0.29) is 5.78 Å². The van der Waals surface area contributed by atoms with Gasteiger partial charge in [0.1, 0.15) is 11.4 Å². The average molecular weight is 218 g/mol. The second kappa shape index (κ2) is 4.00. The van der Waals surface area contributed by atoms with Crippen LogP contribution in [-0.2, 0) is 15.1 Å². The second-order valence-electron chi connectivity index (χ2n) is 3.99. The number of ketones is 1. The summed E-state index contributed by atoms with van der Waals surface area (Å²) in [6, 6.07) is 7.60. The summed E-state index contributed by atoms with van der Waals surface area (Å²) in [6.45, 7) is 1.90. The van der Waals surface area contributed by atoms with E-state index in [0.29, 0.717) is 6.42 Å². The van der Waals surface area contributed by atoms with Crippen LogP contribution >= 0.6 is 0 Å². The van der Waals surface area contributed by atoms with E-state index in [1.807, 2.05) is 31.2 Å². The lowest BCUT2D eigenvalue weighted by Crippen LogP contribution is -2.30. The molecule has 1 heterocycles. The minimum absolute atomic E-state index is 0.0691. The Labute approximate surface area is 94.7 Å². The molecule has 1 aliphatic heterocycles. The van der Waals surface area contributed by atoms with Crippen molar-refractivity contribution in [3.05, 3.63) is 42.2 Å². The van der Waals surface area contributed by atoms with Crippen molar-refractivity contribution >= 4 is 5.78 Å². The van der Waals surface area contributed by atoms with E-state index in [4.69, 9.17) is 9.47 Å².